The summed E-state index contributed by atoms with van der Waals surface area (Å²) < 4.78 is 35.5. The molecule has 1 fully saturated rings. The van der Waals surface area contributed by atoms with Crippen molar-refractivity contribution in [1.29, 1.82) is 0 Å². The highest BCUT2D eigenvalue weighted by Crippen LogP contribution is 2.28. The van der Waals surface area contributed by atoms with E-state index in [4.69, 9.17) is 4.74 Å². The normalized spacial score (nSPS) is 18.6. The summed E-state index contributed by atoms with van der Waals surface area (Å²) in [6.45, 7) is 9.25. The average Bonchev–Trinajstić information content (AvgIpc) is 3.14. The zero-order valence-electron chi connectivity index (χ0n) is 15.7. The molecule has 0 bridgehead atoms. The van der Waals surface area contributed by atoms with Gasteiger partial charge in [-0.15, -0.1) is 0 Å². The molecule has 142 valence electrons. The number of hydrogen-bond donors (Lipinski definition) is 0. The minimum absolute atomic E-state index is 0.166. The van der Waals surface area contributed by atoms with Gasteiger partial charge in [-0.1, -0.05) is 13.8 Å². The van der Waals surface area contributed by atoms with Crippen LogP contribution in [0, 0.1) is 19.8 Å². The highest BCUT2D eigenvalue weighted by Gasteiger charge is 2.37. The van der Waals surface area contributed by atoms with E-state index in [9.17, 15) is 8.42 Å². The first kappa shape index (κ1) is 18.8. The molecule has 1 aliphatic heterocycles. The Labute approximate surface area is 155 Å². The van der Waals surface area contributed by atoms with Crippen molar-refractivity contribution in [3.63, 3.8) is 0 Å². The second kappa shape index (κ2) is 7.36. The van der Waals surface area contributed by atoms with Gasteiger partial charge >= 0.3 is 0 Å². The number of rotatable bonds is 6. The Morgan fingerprint density at radius 2 is 2.12 bits per heavy atom. The minimum atomic E-state index is -3.59. The van der Waals surface area contributed by atoms with Crippen LogP contribution in [-0.4, -0.2) is 46.7 Å². The van der Waals surface area contributed by atoms with Crippen LogP contribution in [0.2, 0.25) is 0 Å². The number of hydrogen-bond acceptors (Lipinski definition) is 5. The van der Waals surface area contributed by atoms with Crippen molar-refractivity contribution < 1.29 is 13.2 Å². The summed E-state index contributed by atoms with van der Waals surface area (Å²) in [4.78, 5) is 4.36. The number of pyridine rings is 1. The summed E-state index contributed by atoms with van der Waals surface area (Å²) in [5, 5.41) is 4.45. The van der Waals surface area contributed by atoms with Crippen molar-refractivity contribution >= 4 is 10.0 Å². The van der Waals surface area contributed by atoms with Crippen LogP contribution in [0.1, 0.15) is 31.7 Å². The van der Waals surface area contributed by atoms with Gasteiger partial charge in [-0.25, -0.2) is 8.42 Å². The predicted octanol–water partition coefficient (Wildman–Crippen LogP) is 2.39. The molecule has 0 spiro atoms. The van der Waals surface area contributed by atoms with E-state index in [2.05, 4.69) is 23.9 Å². The number of nitrogens with zero attached hydrogens (tertiary/aromatic N) is 4. The molecule has 1 atom stereocenters. The van der Waals surface area contributed by atoms with Crippen molar-refractivity contribution in [3.8, 4) is 5.75 Å². The monoisotopic (exact) mass is 378 g/mol. The van der Waals surface area contributed by atoms with Gasteiger partial charge in [-0.05, 0) is 38.3 Å². The van der Waals surface area contributed by atoms with Crippen LogP contribution in [-0.2, 0) is 16.6 Å². The van der Waals surface area contributed by atoms with Crippen molar-refractivity contribution in [1.82, 2.24) is 19.1 Å². The molecule has 26 heavy (non-hydrogen) atoms. The number of sulfonamides is 1. The third-order valence-corrected chi connectivity index (χ3v) is 6.61. The van der Waals surface area contributed by atoms with E-state index in [0.29, 0.717) is 54.0 Å². The van der Waals surface area contributed by atoms with Gasteiger partial charge in [0.15, 0.2) is 0 Å². The molecule has 3 rings (SSSR count). The van der Waals surface area contributed by atoms with Crippen LogP contribution < -0.4 is 4.74 Å². The van der Waals surface area contributed by atoms with Gasteiger partial charge in [-0.3, -0.25) is 9.67 Å². The molecule has 0 unspecified atom stereocenters. The molecule has 0 aliphatic carbocycles. The Hall–Kier alpha value is -1.93. The first-order chi connectivity index (χ1) is 12.3. The standard InChI is InChI=1S/C18H26N4O3S/c1-13(2)11-22-15(4)18(14(3)20-22)26(23,24)21-9-7-17(12-21)25-16-6-5-8-19-10-16/h5-6,8,10,13,17H,7,9,11-12H2,1-4H3/t17-/m1/s1. The van der Waals surface area contributed by atoms with Crippen LogP contribution in [0.15, 0.2) is 29.4 Å². The largest absolute Gasteiger partial charge is 0.487 e. The molecule has 0 radical (unpaired) electrons. The molecule has 1 saturated heterocycles. The molecular weight excluding hydrogens is 352 g/mol. The van der Waals surface area contributed by atoms with E-state index in [1.54, 1.807) is 30.1 Å². The Balaban J connectivity index is 1.78. The maximum Gasteiger partial charge on any atom is 0.246 e. The van der Waals surface area contributed by atoms with Gasteiger partial charge in [0, 0.05) is 19.3 Å². The lowest BCUT2D eigenvalue weighted by Crippen LogP contribution is -2.31. The Morgan fingerprint density at radius 3 is 2.77 bits per heavy atom. The molecule has 3 heterocycles. The number of aromatic nitrogens is 3. The fraction of sp³-hybridized carbons (Fsp3) is 0.556. The minimum Gasteiger partial charge on any atom is -0.487 e. The lowest BCUT2D eigenvalue weighted by molar-refractivity contribution is 0.214. The maximum atomic E-state index is 13.2. The fourth-order valence-corrected chi connectivity index (χ4v) is 5.19. The summed E-state index contributed by atoms with van der Waals surface area (Å²) >= 11 is 0. The molecule has 0 N–H and O–H groups in total. The summed E-state index contributed by atoms with van der Waals surface area (Å²) in [6.07, 6.45) is 3.81. The van der Waals surface area contributed by atoms with Crippen molar-refractivity contribution in [2.24, 2.45) is 5.92 Å². The Morgan fingerprint density at radius 1 is 1.35 bits per heavy atom. The topological polar surface area (TPSA) is 77.3 Å². The number of ether oxygens (including phenoxy) is 1. The van der Waals surface area contributed by atoms with Crippen molar-refractivity contribution in [3.05, 3.63) is 35.9 Å². The van der Waals surface area contributed by atoms with Gasteiger partial charge in [0.2, 0.25) is 10.0 Å². The molecule has 0 aromatic carbocycles. The van der Waals surface area contributed by atoms with Crippen LogP contribution in [0.5, 0.6) is 5.75 Å². The van der Waals surface area contributed by atoms with Gasteiger partial charge in [0.05, 0.1) is 24.1 Å². The first-order valence-electron chi connectivity index (χ1n) is 8.90. The predicted molar refractivity (Wildman–Crippen MR) is 98.6 cm³/mol. The SMILES string of the molecule is Cc1nn(CC(C)C)c(C)c1S(=O)(=O)N1CC[C@@H](Oc2cccnc2)C1. The van der Waals surface area contributed by atoms with Crippen LogP contribution in [0.4, 0.5) is 0 Å². The molecule has 1 aliphatic rings. The lowest BCUT2D eigenvalue weighted by Gasteiger charge is -2.17. The molecule has 7 nitrogen and oxygen atoms in total. The molecule has 2 aromatic rings. The van der Waals surface area contributed by atoms with Crippen molar-refractivity contribution in [2.45, 2.75) is 51.7 Å². The lowest BCUT2D eigenvalue weighted by atomic mass is 10.2. The van der Waals surface area contributed by atoms with Gasteiger partial charge < -0.3 is 4.74 Å². The second-order valence-corrected chi connectivity index (χ2v) is 9.03. The zero-order chi connectivity index (χ0) is 18.9. The van der Waals surface area contributed by atoms with Crippen LogP contribution >= 0.6 is 0 Å². The van der Waals surface area contributed by atoms with Crippen LogP contribution in [0.3, 0.4) is 0 Å². The second-order valence-electron chi connectivity index (χ2n) is 7.16. The molecule has 0 amide bonds. The Bertz CT molecular complexity index is 862. The maximum absolute atomic E-state index is 13.2. The third kappa shape index (κ3) is 3.76. The molecule has 8 heteroatoms. The van der Waals surface area contributed by atoms with Gasteiger partial charge in [0.25, 0.3) is 0 Å². The average molecular weight is 378 g/mol. The van der Waals surface area contributed by atoms with E-state index in [1.807, 2.05) is 13.0 Å². The quantitative estimate of drug-likeness (QED) is 0.771. The first-order valence-corrected chi connectivity index (χ1v) is 10.3. The van der Waals surface area contributed by atoms with E-state index >= 15 is 0 Å². The van der Waals surface area contributed by atoms with Crippen LogP contribution in [0.25, 0.3) is 0 Å². The Kier molecular flexibility index (Phi) is 5.34. The van der Waals surface area contributed by atoms with E-state index < -0.39 is 10.0 Å². The van der Waals surface area contributed by atoms with Gasteiger partial charge in [-0.2, -0.15) is 9.40 Å². The highest BCUT2D eigenvalue weighted by atomic mass is 32.2. The summed E-state index contributed by atoms with van der Waals surface area (Å²) in [7, 11) is -3.59. The smallest absolute Gasteiger partial charge is 0.246 e. The summed E-state index contributed by atoms with van der Waals surface area (Å²) in [5.74, 6) is 1.06. The highest BCUT2D eigenvalue weighted by molar-refractivity contribution is 7.89. The fourth-order valence-electron chi connectivity index (χ4n) is 3.33. The summed E-state index contributed by atoms with van der Waals surface area (Å²) in [6, 6.07) is 3.63. The molecule has 2 aromatic heterocycles. The van der Waals surface area contributed by atoms with Crippen molar-refractivity contribution in [2.75, 3.05) is 13.1 Å². The van der Waals surface area contributed by atoms with E-state index in [1.165, 1.54) is 4.31 Å². The third-order valence-electron chi connectivity index (χ3n) is 4.50. The van der Waals surface area contributed by atoms with E-state index in [0.717, 1.165) is 0 Å². The number of aryl methyl sites for hydroxylation is 1. The molecule has 0 saturated carbocycles. The van der Waals surface area contributed by atoms with Gasteiger partial charge in [0.1, 0.15) is 16.7 Å². The summed E-state index contributed by atoms with van der Waals surface area (Å²) in [5.41, 5.74) is 1.26. The molecular formula is C18H26N4O3S. The van der Waals surface area contributed by atoms with E-state index in [-0.39, 0.29) is 6.10 Å². The zero-order valence-corrected chi connectivity index (χ0v) is 16.5.